The van der Waals surface area contributed by atoms with Crippen molar-refractivity contribution in [3.05, 3.63) is 63.7 Å². The van der Waals surface area contributed by atoms with Gasteiger partial charge in [0, 0.05) is 17.3 Å². The van der Waals surface area contributed by atoms with Crippen molar-refractivity contribution in [1.29, 1.82) is 0 Å². The summed E-state index contributed by atoms with van der Waals surface area (Å²) in [5, 5.41) is 13.3. The van der Waals surface area contributed by atoms with Crippen LogP contribution in [-0.2, 0) is 6.18 Å². The number of carbonyl (C=O) groups excluding carboxylic acids is 1. The van der Waals surface area contributed by atoms with Crippen molar-refractivity contribution in [2.45, 2.75) is 6.18 Å². The molecule has 6 nitrogen and oxygen atoms in total. The molecule has 1 amide bonds. The number of benzene rings is 2. The van der Waals surface area contributed by atoms with Gasteiger partial charge in [-0.05, 0) is 36.4 Å². The van der Waals surface area contributed by atoms with Gasteiger partial charge in [-0.3, -0.25) is 14.9 Å². The first-order valence-electron chi connectivity index (χ1n) is 6.53. The van der Waals surface area contributed by atoms with Gasteiger partial charge in [-0.15, -0.1) is 0 Å². The Labute approximate surface area is 134 Å². The van der Waals surface area contributed by atoms with Crippen LogP contribution in [0.15, 0.2) is 42.5 Å². The molecule has 126 valence electrons. The van der Waals surface area contributed by atoms with E-state index in [-0.39, 0.29) is 17.0 Å². The second-order valence-electron chi connectivity index (χ2n) is 4.67. The molecule has 0 aromatic heterocycles. The van der Waals surface area contributed by atoms with Gasteiger partial charge >= 0.3 is 11.9 Å². The van der Waals surface area contributed by atoms with Crippen LogP contribution in [0.3, 0.4) is 0 Å². The van der Waals surface area contributed by atoms with Gasteiger partial charge in [0.15, 0.2) is 5.75 Å². The van der Waals surface area contributed by atoms with Crippen molar-refractivity contribution < 1.29 is 27.6 Å². The van der Waals surface area contributed by atoms with E-state index in [0.717, 1.165) is 30.3 Å². The van der Waals surface area contributed by atoms with Crippen molar-refractivity contribution in [3.8, 4) is 5.75 Å². The van der Waals surface area contributed by atoms with Gasteiger partial charge in [-0.1, -0.05) is 0 Å². The Kier molecular flexibility index (Phi) is 4.72. The summed E-state index contributed by atoms with van der Waals surface area (Å²) >= 11 is 0. The number of carbonyl (C=O) groups is 1. The number of alkyl halides is 3. The zero-order chi connectivity index (χ0) is 17.9. The van der Waals surface area contributed by atoms with Gasteiger partial charge in [0.2, 0.25) is 0 Å². The molecule has 0 bridgehead atoms. The molecular weight excluding hydrogens is 329 g/mol. The lowest BCUT2D eigenvalue weighted by atomic mass is 10.1. The van der Waals surface area contributed by atoms with Crippen molar-refractivity contribution in [3.63, 3.8) is 0 Å². The highest BCUT2D eigenvalue weighted by Crippen LogP contribution is 2.30. The largest absolute Gasteiger partial charge is 0.490 e. The van der Waals surface area contributed by atoms with Crippen LogP contribution in [0, 0.1) is 10.1 Å². The molecule has 0 aliphatic rings. The molecule has 24 heavy (non-hydrogen) atoms. The van der Waals surface area contributed by atoms with Crippen LogP contribution in [0.4, 0.5) is 24.5 Å². The second kappa shape index (κ2) is 6.57. The summed E-state index contributed by atoms with van der Waals surface area (Å²) in [6, 6.07) is 7.44. The molecule has 0 spiro atoms. The van der Waals surface area contributed by atoms with Gasteiger partial charge in [0.1, 0.15) is 0 Å². The van der Waals surface area contributed by atoms with Crippen LogP contribution in [0.5, 0.6) is 5.75 Å². The molecule has 9 heteroatoms. The third kappa shape index (κ3) is 3.80. The van der Waals surface area contributed by atoms with Crippen molar-refractivity contribution in [2.24, 2.45) is 0 Å². The van der Waals surface area contributed by atoms with E-state index in [1.54, 1.807) is 0 Å². The molecule has 0 saturated carbocycles. The predicted molar refractivity (Wildman–Crippen MR) is 79.0 cm³/mol. The SMILES string of the molecule is COc1ccc(C(=O)Nc2ccc(C(F)(F)F)cc2)cc1[N+](=O)[O-]. The highest BCUT2D eigenvalue weighted by molar-refractivity contribution is 6.04. The molecule has 0 unspecified atom stereocenters. The number of hydrogen-bond donors (Lipinski definition) is 1. The number of anilines is 1. The van der Waals surface area contributed by atoms with Gasteiger partial charge in [-0.2, -0.15) is 13.2 Å². The van der Waals surface area contributed by atoms with E-state index in [1.165, 1.54) is 19.2 Å². The number of nitro groups is 1. The molecular formula is C15H11F3N2O4. The van der Waals surface area contributed by atoms with E-state index in [4.69, 9.17) is 4.74 Å². The Morgan fingerprint density at radius 3 is 2.29 bits per heavy atom. The zero-order valence-corrected chi connectivity index (χ0v) is 12.3. The van der Waals surface area contributed by atoms with E-state index in [1.807, 2.05) is 0 Å². The molecule has 0 aliphatic carbocycles. The van der Waals surface area contributed by atoms with Gasteiger partial charge in [0.05, 0.1) is 17.6 Å². The first-order valence-corrected chi connectivity index (χ1v) is 6.53. The summed E-state index contributed by atoms with van der Waals surface area (Å²) in [5.74, 6) is -0.702. The lowest BCUT2D eigenvalue weighted by Crippen LogP contribution is -2.13. The van der Waals surface area contributed by atoms with Crippen LogP contribution in [-0.4, -0.2) is 17.9 Å². The monoisotopic (exact) mass is 340 g/mol. The quantitative estimate of drug-likeness (QED) is 0.676. The standard InChI is InChI=1S/C15H11F3N2O4/c1-24-13-7-2-9(8-12(13)20(22)23)14(21)19-11-5-3-10(4-6-11)15(16,17)18/h2-8H,1H3,(H,19,21). The summed E-state index contributed by atoms with van der Waals surface area (Å²) in [6.07, 6.45) is -4.47. The first kappa shape index (κ1) is 17.3. The average molecular weight is 340 g/mol. The summed E-state index contributed by atoms with van der Waals surface area (Å²) in [7, 11) is 1.25. The molecule has 2 rings (SSSR count). The maximum absolute atomic E-state index is 12.5. The van der Waals surface area contributed by atoms with Crippen LogP contribution in [0.2, 0.25) is 0 Å². The van der Waals surface area contributed by atoms with Crippen LogP contribution < -0.4 is 10.1 Å². The molecule has 0 heterocycles. The van der Waals surface area contributed by atoms with E-state index < -0.39 is 28.3 Å². The van der Waals surface area contributed by atoms with Crippen LogP contribution >= 0.6 is 0 Å². The van der Waals surface area contributed by atoms with Crippen LogP contribution in [0.25, 0.3) is 0 Å². The number of amides is 1. The molecule has 0 saturated heterocycles. The fourth-order valence-corrected chi connectivity index (χ4v) is 1.92. The topological polar surface area (TPSA) is 81.5 Å². The third-order valence-electron chi connectivity index (χ3n) is 3.11. The van der Waals surface area contributed by atoms with Gasteiger partial charge in [-0.25, -0.2) is 0 Å². The Morgan fingerprint density at radius 2 is 1.79 bits per heavy atom. The van der Waals surface area contributed by atoms with Gasteiger partial charge < -0.3 is 10.1 Å². The smallest absolute Gasteiger partial charge is 0.416 e. The number of nitrogens with zero attached hydrogens (tertiary/aromatic N) is 1. The molecule has 0 aliphatic heterocycles. The average Bonchev–Trinajstić information content (AvgIpc) is 2.53. The lowest BCUT2D eigenvalue weighted by molar-refractivity contribution is -0.385. The molecule has 1 N–H and O–H groups in total. The van der Waals surface area contributed by atoms with Crippen molar-refractivity contribution in [2.75, 3.05) is 12.4 Å². The van der Waals surface area contributed by atoms with Crippen molar-refractivity contribution in [1.82, 2.24) is 0 Å². The molecule has 0 radical (unpaired) electrons. The van der Waals surface area contributed by atoms with Gasteiger partial charge in [0.25, 0.3) is 5.91 Å². The Bertz CT molecular complexity index is 773. The minimum atomic E-state index is -4.47. The normalized spacial score (nSPS) is 11.0. The number of rotatable bonds is 4. The lowest BCUT2D eigenvalue weighted by Gasteiger charge is -2.09. The maximum Gasteiger partial charge on any atom is 0.416 e. The van der Waals surface area contributed by atoms with E-state index in [0.29, 0.717) is 0 Å². The summed E-state index contributed by atoms with van der Waals surface area (Å²) < 4.78 is 42.3. The minimum absolute atomic E-state index is 0.00826. The molecule has 0 fully saturated rings. The van der Waals surface area contributed by atoms with Crippen molar-refractivity contribution >= 4 is 17.3 Å². The summed E-state index contributed by atoms with van der Waals surface area (Å²) in [6.45, 7) is 0. The van der Waals surface area contributed by atoms with E-state index >= 15 is 0 Å². The number of halogens is 3. The highest BCUT2D eigenvalue weighted by Gasteiger charge is 2.30. The molecule has 2 aromatic carbocycles. The molecule has 2 aromatic rings. The number of nitrogens with one attached hydrogen (secondary N) is 1. The minimum Gasteiger partial charge on any atom is -0.490 e. The number of nitro benzene ring substituents is 1. The third-order valence-corrected chi connectivity index (χ3v) is 3.11. The zero-order valence-electron chi connectivity index (χ0n) is 12.3. The number of methoxy groups -OCH3 is 1. The highest BCUT2D eigenvalue weighted by atomic mass is 19.4. The Hall–Kier alpha value is -3.10. The summed E-state index contributed by atoms with van der Waals surface area (Å²) in [4.78, 5) is 22.3. The summed E-state index contributed by atoms with van der Waals surface area (Å²) in [5.41, 5.74) is -1.13. The van der Waals surface area contributed by atoms with E-state index in [9.17, 15) is 28.1 Å². The predicted octanol–water partition coefficient (Wildman–Crippen LogP) is 3.87. The number of hydrogen-bond acceptors (Lipinski definition) is 4. The maximum atomic E-state index is 12.5. The fourth-order valence-electron chi connectivity index (χ4n) is 1.92. The number of ether oxygens (including phenoxy) is 1. The van der Waals surface area contributed by atoms with Crippen LogP contribution in [0.1, 0.15) is 15.9 Å². The van der Waals surface area contributed by atoms with E-state index in [2.05, 4.69) is 5.32 Å². The molecule has 0 atom stereocenters. The Morgan fingerprint density at radius 1 is 1.17 bits per heavy atom. The first-order chi connectivity index (χ1) is 11.2. The fraction of sp³-hybridized carbons (Fsp3) is 0.133. The second-order valence-corrected chi connectivity index (χ2v) is 4.67. The Balaban J connectivity index is 2.21.